The number of hydrogen-bond acceptors (Lipinski definition) is 6. The van der Waals surface area contributed by atoms with Gasteiger partial charge in [0.1, 0.15) is 12.4 Å². The van der Waals surface area contributed by atoms with Gasteiger partial charge >= 0.3 is 0 Å². The number of amides is 1. The minimum atomic E-state index is -0.328. The molecule has 2 aromatic heterocycles. The highest BCUT2D eigenvalue weighted by atomic mass is 35.5. The highest BCUT2D eigenvalue weighted by Gasteiger charge is 2.14. The molecule has 12 heteroatoms. The minimum absolute atomic E-state index is 0.174. The summed E-state index contributed by atoms with van der Waals surface area (Å²) in [5.74, 6) is 0.601. The Hall–Kier alpha value is -4.93. The number of aryl methyl sites for hydroxylation is 1. The van der Waals surface area contributed by atoms with Gasteiger partial charge in [-0.15, -0.1) is 0 Å². The summed E-state index contributed by atoms with van der Waals surface area (Å²) in [4.78, 5) is 17.5. The molecule has 0 radical (unpaired) electrons. The number of aromatic amines is 1. The summed E-state index contributed by atoms with van der Waals surface area (Å²) >= 11 is 12.8. The highest BCUT2D eigenvalue weighted by molar-refractivity contribution is 6.42. The van der Waals surface area contributed by atoms with E-state index >= 15 is 0 Å². The van der Waals surface area contributed by atoms with Gasteiger partial charge in [-0.3, -0.25) is 10.1 Å². The number of nitrogens with zero attached hydrogens (tertiary/aromatic N) is 6. The molecule has 0 aliphatic heterocycles. The fraction of sp³-hybridized carbons (Fsp3) is 0.100. The Kier molecular flexibility index (Phi) is 7.72. The van der Waals surface area contributed by atoms with Gasteiger partial charge in [-0.05, 0) is 70.1 Å². The number of aromatic nitrogens is 6. The molecule has 10 nitrogen and oxygen atoms in total. The maximum Gasteiger partial charge on any atom is 0.258 e. The molecule has 0 saturated carbocycles. The van der Waals surface area contributed by atoms with Crippen LogP contribution in [0.25, 0.3) is 11.0 Å². The zero-order valence-electron chi connectivity index (χ0n) is 22.3. The normalized spacial score (nSPS) is 11.6. The summed E-state index contributed by atoms with van der Waals surface area (Å²) in [6.45, 7) is 0.958. The predicted octanol–water partition coefficient (Wildman–Crippen LogP) is 5.91. The van der Waals surface area contributed by atoms with E-state index in [2.05, 4.69) is 30.5 Å². The summed E-state index contributed by atoms with van der Waals surface area (Å²) in [6.07, 6.45) is 0. The molecular weight excluding hydrogens is 575 g/mol. The number of rotatable bonds is 8. The summed E-state index contributed by atoms with van der Waals surface area (Å²) in [5, 5.41) is 16.6. The number of carbonyl (C=O) groups is 1. The van der Waals surface area contributed by atoms with Crippen LogP contribution in [0.1, 0.15) is 21.5 Å². The first kappa shape index (κ1) is 27.3. The van der Waals surface area contributed by atoms with Crippen molar-refractivity contribution in [3.63, 3.8) is 0 Å². The predicted molar refractivity (Wildman–Crippen MR) is 161 cm³/mol. The topological polar surface area (TPSA) is 115 Å². The SMILES string of the molecule is Cn1c(=Nc2ccc(OCc3ccccc3)cc2)n(Cc2ccc(C(=O)Nc3nnn[nH]3)cc2)c2cc(Cl)c(Cl)cc21. The Balaban J connectivity index is 1.30. The number of ether oxygens (including phenoxy) is 1. The van der Waals surface area contributed by atoms with Crippen molar-refractivity contribution in [2.24, 2.45) is 12.0 Å². The molecule has 0 aliphatic rings. The summed E-state index contributed by atoms with van der Waals surface area (Å²) in [5.41, 5.74) is 5.72. The van der Waals surface area contributed by atoms with Crippen molar-refractivity contribution in [2.45, 2.75) is 13.2 Å². The van der Waals surface area contributed by atoms with Gasteiger partial charge in [0.05, 0.1) is 33.3 Å². The number of imidazole rings is 1. The van der Waals surface area contributed by atoms with Gasteiger partial charge in [0.2, 0.25) is 11.6 Å². The van der Waals surface area contributed by atoms with Crippen molar-refractivity contribution >= 4 is 51.8 Å². The third-order valence-electron chi connectivity index (χ3n) is 6.66. The van der Waals surface area contributed by atoms with Gasteiger partial charge in [-0.2, -0.15) is 0 Å². The average Bonchev–Trinajstić information content (AvgIpc) is 3.60. The van der Waals surface area contributed by atoms with Crippen LogP contribution in [0.4, 0.5) is 11.6 Å². The molecule has 6 rings (SSSR count). The van der Waals surface area contributed by atoms with Gasteiger partial charge in [-0.25, -0.2) is 10.1 Å². The van der Waals surface area contributed by atoms with E-state index in [1.807, 2.05) is 90.5 Å². The number of H-pyrrole nitrogens is 1. The number of nitrogens with one attached hydrogen (secondary N) is 2. The number of anilines is 1. The summed E-state index contributed by atoms with van der Waals surface area (Å²) in [6, 6.07) is 28.6. The molecule has 6 aromatic rings. The number of hydrogen-bond donors (Lipinski definition) is 2. The smallest absolute Gasteiger partial charge is 0.258 e. The van der Waals surface area contributed by atoms with Crippen LogP contribution in [-0.4, -0.2) is 35.7 Å². The molecule has 0 fully saturated rings. The van der Waals surface area contributed by atoms with Crippen LogP contribution in [0.15, 0.2) is 96.0 Å². The fourth-order valence-corrected chi connectivity index (χ4v) is 4.82. The first-order valence-electron chi connectivity index (χ1n) is 12.9. The molecule has 4 aromatic carbocycles. The van der Waals surface area contributed by atoms with Crippen LogP contribution >= 0.6 is 23.2 Å². The Labute approximate surface area is 250 Å². The Morgan fingerprint density at radius 1 is 0.929 bits per heavy atom. The van der Waals surface area contributed by atoms with E-state index in [4.69, 9.17) is 32.9 Å². The lowest BCUT2D eigenvalue weighted by molar-refractivity contribution is 0.102. The zero-order valence-corrected chi connectivity index (χ0v) is 23.8. The van der Waals surface area contributed by atoms with E-state index in [-0.39, 0.29) is 11.9 Å². The van der Waals surface area contributed by atoms with Gasteiger partial charge in [0.15, 0.2) is 0 Å². The first-order chi connectivity index (χ1) is 20.4. The van der Waals surface area contributed by atoms with Crippen LogP contribution in [-0.2, 0) is 20.2 Å². The molecular formula is C30H24Cl2N8O2. The van der Waals surface area contributed by atoms with E-state index < -0.39 is 0 Å². The summed E-state index contributed by atoms with van der Waals surface area (Å²) < 4.78 is 9.97. The first-order valence-corrected chi connectivity index (χ1v) is 13.7. The van der Waals surface area contributed by atoms with Crippen molar-refractivity contribution in [3.05, 3.63) is 123 Å². The molecule has 1 amide bonds. The average molecular weight is 599 g/mol. The molecule has 0 unspecified atom stereocenters. The number of fused-ring (bicyclic) bond motifs is 1. The van der Waals surface area contributed by atoms with Gasteiger partial charge < -0.3 is 13.9 Å². The number of tetrazole rings is 1. The van der Waals surface area contributed by atoms with E-state index in [1.165, 1.54) is 0 Å². The van der Waals surface area contributed by atoms with E-state index in [1.54, 1.807) is 12.1 Å². The van der Waals surface area contributed by atoms with Crippen LogP contribution < -0.4 is 15.7 Å². The lowest BCUT2D eigenvalue weighted by atomic mass is 10.1. The van der Waals surface area contributed by atoms with Crippen molar-refractivity contribution in [1.82, 2.24) is 29.8 Å². The maximum absolute atomic E-state index is 12.5. The fourth-order valence-electron chi connectivity index (χ4n) is 4.51. The largest absolute Gasteiger partial charge is 0.489 e. The lowest BCUT2D eigenvalue weighted by Crippen LogP contribution is -2.24. The van der Waals surface area contributed by atoms with E-state index in [0.29, 0.717) is 34.4 Å². The van der Waals surface area contributed by atoms with Crippen molar-refractivity contribution in [2.75, 3.05) is 5.32 Å². The second-order valence-electron chi connectivity index (χ2n) is 9.48. The van der Waals surface area contributed by atoms with Crippen LogP contribution in [0, 0.1) is 0 Å². The molecule has 0 spiro atoms. The Bertz CT molecular complexity index is 1920. The van der Waals surface area contributed by atoms with Crippen LogP contribution in [0.5, 0.6) is 5.75 Å². The van der Waals surface area contributed by atoms with E-state index in [9.17, 15) is 4.79 Å². The second kappa shape index (κ2) is 11.9. The molecule has 2 heterocycles. The van der Waals surface area contributed by atoms with Gasteiger partial charge in [0.25, 0.3) is 5.91 Å². The Morgan fingerprint density at radius 2 is 1.64 bits per heavy atom. The quantitative estimate of drug-likeness (QED) is 0.226. The molecule has 42 heavy (non-hydrogen) atoms. The highest BCUT2D eigenvalue weighted by Crippen LogP contribution is 2.28. The molecule has 0 bridgehead atoms. The number of benzene rings is 4. The van der Waals surface area contributed by atoms with Crippen molar-refractivity contribution in [3.8, 4) is 5.75 Å². The molecule has 0 saturated heterocycles. The third kappa shape index (κ3) is 5.90. The third-order valence-corrected chi connectivity index (χ3v) is 7.38. The van der Waals surface area contributed by atoms with Crippen LogP contribution in [0.2, 0.25) is 10.0 Å². The minimum Gasteiger partial charge on any atom is -0.489 e. The second-order valence-corrected chi connectivity index (χ2v) is 10.3. The van der Waals surface area contributed by atoms with Gasteiger partial charge in [-0.1, -0.05) is 70.8 Å². The molecule has 210 valence electrons. The van der Waals surface area contributed by atoms with E-state index in [0.717, 1.165) is 33.6 Å². The zero-order chi connectivity index (χ0) is 29.1. The molecule has 2 N–H and O–H groups in total. The Morgan fingerprint density at radius 3 is 2.33 bits per heavy atom. The monoisotopic (exact) mass is 598 g/mol. The molecule has 0 aliphatic carbocycles. The lowest BCUT2D eigenvalue weighted by Gasteiger charge is -2.08. The number of halogens is 2. The maximum atomic E-state index is 12.5. The van der Waals surface area contributed by atoms with Crippen molar-refractivity contribution in [1.29, 1.82) is 0 Å². The standard InChI is InChI=1S/C30H24Cl2N8O2/c1-39-26-15-24(31)25(32)16-27(26)40(17-19-7-9-21(10-8-19)28(41)34-29-35-37-38-36-29)30(39)33-22-11-13-23(14-12-22)42-18-20-5-3-2-4-6-20/h2-16H,17-18H2,1H3,(H2,34,35,36,37,38,41). The number of carbonyl (C=O) groups excluding carboxylic acids is 1. The molecule has 0 atom stereocenters. The van der Waals surface area contributed by atoms with Crippen LogP contribution in [0.3, 0.4) is 0 Å². The van der Waals surface area contributed by atoms with Crippen molar-refractivity contribution < 1.29 is 9.53 Å². The van der Waals surface area contributed by atoms with Gasteiger partial charge in [0, 0.05) is 12.6 Å². The summed E-state index contributed by atoms with van der Waals surface area (Å²) in [7, 11) is 1.94.